The Bertz CT molecular complexity index is 781. The average molecular weight is 435 g/mol. The molecule has 0 saturated heterocycles. The van der Waals surface area contributed by atoms with Crippen LogP contribution in [0.1, 0.15) is 62.5 Å². The minimum absolute atomic E-state index is 0.335. The normalized spacial score (nSPS) is 33.1. The van der Waals surface area contributed by atoms with Crippen LogP contribution in [0.15, 0.2) is 60.7 Å². The summed E-state index contributed by atoms with van der Waals surface area (Å²) in [5.41, 5.74) is -1.41. The molecule has 4 atom stereocenters. The number of benzene rings is 2. The molecule has 2 aliphatic carbocycles. The maximum absolute atomic E-state index is 15.2. The smallest absolute Gasteiger partial charge is 0.254 e. The van der Waals surface area contributed by atoms with E-state index in [0.717, 1.165) is 25.7 Å². The van der Waals surface area contributed by atoms with Gasteiger partial charge >= 0.3 is 11.4 Å². The molecule has 0 aliphatic heterocycles. The van der Waals surface area contributed by atoms with Crippen LogP contribution >= 0.6 is 0 Å². The van der Waals surface area contributed by atoms with Gasteiger partial charge in [-0.3, -0.25) is 8.37 Å². The molecule has 0 radical (unpaired) electrons. The molecule has 0 heterocycles. The zero-order valence-corrected chi connectivity index (χ0v) is 17.8. The van der Waals surface area contributed by atoms with E-state index in [-0.39, 0.29) is 0 Å². The second-order valence-electron chi connectivity index (χ2n) is 8.31. The lowest BCUT2D eigenvalue weighted by Gasteiger charge is -2.42. The summed E-state index contributed by atoms with van der Waals surface area (Å²) in [6.45, 7) is 0. The van der Waals surface area contributed by atoms with Crippen molar-refractivity contribution < 1.29 is 21.4 Å². The van der Waals surface area contributed by atoms with Gasteiger partial charge in [0, 0.05) is 0 Å². The van der Waals surface area contributed by atoms with Crippen molar-refractivity contribution in [3.05, 3.63) is 71.8 Å². The molecule has 0 amide bonds. The molecule has 2 aliphatic rings. The van der Waals surface area contributed by atoms with Crippen LogP contribution in [0.4, 0.5) is 8.78 Å². The van der Waals surface area contributed by atoms with Crippen LogP contribution in [0.2, 0.25) is 0 Å². The Morgan fingerprint density at radius 2 is 1.10 bits per heavy atom. The number of halogens is 2. The van der Waals surface area contributed by atoms with Crippen molar-refractivity contribution >= 4 is 11.4 Å². The molecule has 6 heteroatoms. The summed E-state index contributed by atoms with van der Waals surface area (Å²) >= 11 is -2.32. The minimum Gasteiger partial charge on any atom is -0.254 e. The highest BCUT2D eigenvalue weighted by molar-refractivity contribution is 7.75. The van der Waals surface area contributed by atoms with E-state index in [1.807, 2.05) is 36.4 Å². The first-order chi connectivity index (χ1) is 14.6. The standard InChI is InChI=1S/C24H28F2O3S/c25-21-15-7-9-17-23(21,19-11-3-1-4-12-19)28-30(27)29-24(18-10-8-16-22(24)26)20-13-5-2-6-14-20/h1-6,11-14,21-22H,7-10,15-18H2. The third kappa shape index (κ3) is 4.10. The van der Waals surface area contributed by atoms with E-state index < -0.39 is 34.9 Å². The first kappa shape index (κ1) is 21.6. The van der Waals surface area contributed by atoms with E-state index >= 15 is 8.78 Å². The summed E-state index contributed by atoms with van der Waals surface area (Å²) in [6.07, 6.45) is 1.92. The van der Waals surface area contributed by atoms with Crippen LogP contribution < -0.4 is 0 Å². The van der Waals surface area contributed by atoms with Crippen molar-refractivity contribution in [1.29, 1.82) is 0 Å². The molecule has 2 fully saturated rings. The van der Waals surface area contributed by atoms with Gasteiger partial charge in [-0.2, -0.15) is 4.21 Å². The fourth-order valence-electron chi connectivity index (χ4n) is 4.84. The zero-order valence-electron chi connectivity index (χ0n) is 17.0. The number of hydrogen-bond acceptors (Lipinski definition) is 3. The van der Waals surface area contributed by atoms with Gasteiger partial charge in [-0.05, 0) is 49.7 Å². The van der Waals surface area contributed by atoms with Gasteiger partial charge < -0.3 is 0 Å². The predicted molar refractivity (Wildman–Crippen MR) is 113 cm³/mol. The van der Waals surface area contributed by atoms with Crippen molar-refractivity contribution in [3.63, 3.8) is 0 Å². The van der Waals surface area contributed by atoms with Gasteiger partial charge in [0.05, 0.1) is 0 Å². The summed E-state index contributed by atoms with van der Waals surface area (Å²) in [5.74, 6) is 0. The van der Waals surface area contributed by atoms with Gasteiger partial charge in [-0.25, -0.2) is 8.78 Å². The van der Waals surface area contributed by atoms with Crippen LogP contribution in [0.25, 0.3) is 0 Å². The molecular formula is C24H28F2O3S. The SMILES string of the molecule is O=S(OC1(c2ccccc2)CCCCC1F)OC1(c2ccccc2)CCCCC1F. The summed E-state index contributed by atoms with van der Waals surface area (Å²) < 4.78 is 55.4. The van der Waals surface area contributed by atoms with Gasteiger partial charge in [0.2, 0.25) is 0 Å². The van der Waals surface area contributed by atoms with Crippen molar-refractivity contribution in [2.45, 2.75) is 74.9 Å². The number of rotatable bonds is 6. The fourth-order valence-corrected chi connectivity index (χ4v) is 5.92. The topological polar surface area (TPSA) is 35.5 Å². The highest BCUT2D eigenvalue weighted by atomic mass is 32.2. The van der Waals surface area contributed by atoms with E-state index in [9.17, 15) is 4.21 Å². The molecule has 2 aromatic carbocycles. The minimum atomic E-state index is -2.32. The van der Waals surface area contributed by atoms with Crippen molar-refractivity contribution in [1.82, 2.24) is 0 Å². The lowest BCUT2D eigenvalue weighted by molar-refractivity contribution is -0.0785. The van der Waals surface area contributed by atoms with Crippen molar-refractivity contribution in [2.24, 2.45) is 0 Å². The quantitative estimate of drug-likeness (QED) is 0.542. The second-order valence-corrected chi connectivity index (χ2v) is 9.05. The van der Waals surface area contributed by atoms with E-state index in [2.05, 4.69) is 0 Å². The molecule has 0 N–H and O–H groups in total. The lowest BCUT2D eigenvalue weighted by atomic mass is 9.78. The molecule has 4 unspecified atom stereocenters. The fraction of sp³-hybridized carbons (Fsp3) is 0.500. The summed E-state index contributed by atoms with van der Waals surface area (Å²) in [7, 11) is 0. The monoisotopic (exact) mass is 434 g/mol. The summed E-state index contributed by atoms with van der Waals surface area (Å²) in [5, 5.41) is 0. The van der Waals surface area contributed by atoms with Gasteiger partial charge in [-0.15, -0.1) is 0 Å². The second kappa shape index (κ2) is 9.25. The summed E-state index contributed by atoms with van der Waals surface area (Å²) in [6, 6.07) is 18.1. The molecule has 162 valence electrons. The average Bonchev–Trinajstić information content (AvgIpc) is 2.78. The first-order valence-electron chi connectivity index (χ1n) is 10.8. The Labute approximate surface area is 179 Å². The molecular weight excluding hydrogens is 406 g/mol. The van der Waals surface area contributed by atoms with Crippen molar-refractivity contribution in [3.8, 4) is 0 Å². The van der Waals surface area contributed by atoms with Crippen molar-refractivity contribution in [2.75, 3.05) is 0 Å². The Balaban J connectivity index is 1.64. The Morgan fingerprint density at radius 3 is 1.47 bits per heavy atom. The Kier molecular flexibility index (Phi) is 6.66. The highest BCUT2D eigenvalue weighted by Gasteiger charge is 2.50. The Hall–Kier alpha value is -1.63. The highest BCUT2D eigenvalue weighted by Crippen LogP contribution is 2.47. The molecule has 4 rings (SSSR count). The number of hydrogen-bond donors (Lipinski definition) is 0. The zero-order chi connectivity index (χ0) is 21.0. The molecule has 2 saturated carbocycles. The lowest BCUT2D eigenvalue weighted by Crippen LogP contribution is -2.46. The first-order valence-corrected chi connectivity index (χ1v) is 11.8. The molecule has 30 heavy (non-hydrogen) atoms. The molecule has 0 aromatic heterocycles. The van der Waals surface area contributed by atoms with Crippen LogP contribution in [0.5, 0.6) is 0 Å². The van der Waals surface area contributed by atoms with Crippen LogP contribution in [-0.2, 0) is 30.9 Å². The third-order valence-electron chi connectivity index (χ3n) is 6.48. The molecule has 0 spiro atoms. The van der Waals surface area contributed by atoms with E-state index in [4.69, 9.17) is 8.37 Å². The number of alkyl halides is 2. The maximum atomic E-state index is 15.2. The molecule has 3 nitrogen and oxygen atoms in total. The third-order valence-corrected chi connectivity index (χ3v) is 7.35. The predicted octanol–water partition coefficient (Wildman–Crippen LogP) is 6.21. The Morgan fingerprint density at radius 1 is 0.700 bits per heavy atom. The van der Waals surface area contributed by atoms with Gasteiger partial charge in [-0.1, -0.05) is 73.5 Å². The van der Waals surface area contributed by atoms with Crippen LogP contribution in [-0.4, -0.2) is 16.6 Å². The van der Waals surface area contributed by atoms with E-state index in [0.29, 0.717) is 36.8 Å². The van der Waals surface area contributed by atoms with E-state index in [1.54, 1.807) is 24.3 Å². The van der Waals surface area contributed by atoms with E-state index in [1.165, 1.54) is 0 Å². The van der Waals surface area contributed by atoms with Crippen LogP contribution in [0.3, 0.4) is 0 Å². The van der Waals surface area contributed by atoms with Gasteiger partial charge in [0.15, 0.2) is 0 Å². The summed E-state index contributed by atoms with van der Waals surface area (Å²) in [4.78, 5) is 0. The maximum Gasteiger partial charge on any atom is 0.306 e. The van der Waals surface area contributed by atoms with Crippen LogP contribution in [0, 0.1) is 0 Å². The largest absolute Gasteiger partial charge is 0.306 e. The van der Waals surface area contributed by atoms with Gasteiger partial charge in [0.1, 0.15) is 23.5 Å². The molecule has 2 aromatic rings. The van der Waals surface area contributed by atoms with Gasteiger partial charge in [0.25, 0.3) is 0 Å². The molecule has 0 bridgehead atoms.